The summed E-state index contributed by atoms with van der Waals surface area (Å²) in [6.45, 7) is 5.77. The molecule has 0 spiro atoms. The van der Waals surface area contributed by atoms with Crippen LogP contribution >= 0.6 is 0 Å². The maximum absolute atomic E-state index is 10.1. The molecule has 0 unspecified atom stereocenters. The average molecular weight is 407 g/mol. The van der Waals surface area contributed by atoms with Gasteiger partial charge in [0.05, 0.1) is 19.8 Å². The summed E-state index contributed by atoms with van der Waals surface area (Å²) in [6.07, 6.45) is 14.0. The van der Waals surface area contributed by atoms with Crippen LogP contribution in [0.5, 0.6) is 0 Å². The van der Waals surface area contributed by atoms with Crippen LogP contribution in [-0.4, -0.2) is 44.5 Å². The fraction of sp³-hybridized carbons (Fsp3) is 1.00. The van der Waals surface area contributed by atoms with Crippen molar-refractivity contribution < 1.29 is 56.6 Å². The Labute approximate surface area is 183 Å². The van der Waals surface area contributed by atoms with Gasteiger partial charge in [0.25, 0.3) is 0 Å². The van der Waals surface area contributed by atoms with Crippen molar-refractivity contribution in [2.45, 2.75) is 90.9 Å². The van der Waals surface area contributed by atoms with Gasteiger partial charge >= 0.3 is 29.6 Å². The maximum atomic E-state index is 10.1. The Balaban J connectivity index is -0.000000498. The standard InChI is InChI=1S/C12H26O4S.C6H14O2.Na/c1-2-3-4-5-6-7-8-9-10-11-12-16-17(13,14)15;1-2-3-5-8-6-4-7;/h2-12H2,1H3,(H,13,14,15);7H,2-6H2,1H3;/q;;+1/p-1. The number of hydrogen-bond acceptors (Lipinski definition) is 6. The van der Waals surface area contributed by atoms with E-state index in [4.69, 9.17) is 9.84 Å². The number of aliphatic hydroxyl groups is 1. The van der Waals surface area contributed by atoms with Gasteiger partial charge in [-0.15, -0.1) is 0 Å². The van der Waals surface area contributed by atoms with Crippen molar-refractivity contribution in [1.29, 1.82) is 0 Å². The van der Waals surface area contributed by atoms with E-state index in [2.05, 4.69) is 18.0 Å². The predicted molar refractivity (Wildman–Crippen MR) is 100 cm³/mol. The zero-order chi connectivity index (χ0) is 19.2. The second-order valence-electron chi connectivity index (χ2n) is 6.10. The Morgan fingerprint density at radius 1 is 0.731 bits per heavy atom. The topological polar surface area (TPSA) is 95.9 Å². The quantitative estimate of drug-likeness (QED) is 0.169. The van der Waals surface area contributed by atoms with Gasteiger partial charge in [-0.1, -0.05) is 78.1 Å². The summed E-state index contributed by atoms with van der Waals surface area (Å²) in [6, 6.07) is 0. The van der Waals surface area contributed by atoms with E-state index in [1.54, 1.807) is 0 Å². The van der Waals surface area contributed by atoms with Gasteiger partial charge in [0.1, 0.15) is 0 Å². The minimum absolute atomic E-state index is 0. The van der Waals surface area contributed by atoms with E-state index in [9.17, 15) is 13.0 Å². The van der Waals surface area contributed by atoms with E-state index >= 15 is 0 Å². The summed E-state index contributed by atoms with van der Waals surface area (Å²) in [4.78, 5) is 0. The Morgan fingerprint density at radius 3 is 1.62 bits per heavy atom. The first-order chi connectivity index (χ1) is 12.0. The summed E-state index contributed by atoms with van der Waals surface area (Å²) in [7, 11) is -4.48. The molecule has 8 heteroatoms. The first-order valence-corrected chi connectivity index (χ1v) is 11.1. The number of unbranched alkanes of at least 4 members (excludes halogenated alkanes) is 10. The zero-order valence-electron chi connectivity index (χ0n) is 17.2. The molecule has 0 aliphatic carbocycles. The van der Waals surface area contributed by atoms with Crippen molar-refractivity contribution >= 4 is 10.4 Å². The second-order valence-corrected chi connectivity index (χ2v) is 7.15. The van der Waals surface area contributed by atoms with Crippen molar-refractivity contribution in [2.75, 3.05) is 26.4 Å². The molecule has 0 aromatic carbocycles. The molecule has 0 aromatic heterocycles. The Bertz CT molecular complexity index is 333. The number of rotatable bonds is 17. The van der Waals surface area contributed by atoms with Crippen LogP contribution in [-0.2, 0) is 19.3 Å². The zero-order valence-corrected chi connectivity index (χ0v) is 20.0. The first-order valence-electron chi connectivity index (χ1n) is 9.76. The fourth-order valence-electron chi connectivity index (χ4n) is 2.16. The molecule has 0 atom stereocenters. The van der Waals surface area contributed by atoms with Gasteiger partial charge in [0, 0.05) is 6.61 Å². The minimum Gasteiger partial charge on any atom is -0.726 e. The maximum Gasteiger partial charge on any atom is 1.00 e. The normalized spacial score (nSPS) is 10.8. The van der Waals surface area contributed by atoms with Crippen molar-refractivity contribution in [2.24, 2.45) is 0 Å². The number of aliphatic hydroxyl groups excluding tert-OH is 1. The van der Waals surface area contributed by atoms with Crippen LogP contribution in [0.3, 0.4) is 0 Å². The third-order valence-electron chi connectivity index (χ3n) is 3.60. The molecule has 6 nitrogen and oxygen atoms in total. The van der Waals surface area contributed by atoms with Gasteiger partial charge in [0.2, 0.25) is 10.4 Å². The summed E-state index contributed by atoms with van der Waals surface area (Å²) >= 11 is 0. The number of ether oxygens (including phenoxy) is 1. The van der Waals surface area contributed by atoms with Crippen LogP contribution in [0, 0.1) is 0 Å². The van der Waals surface area contributed by atoms with E-state index in [-0.39, 0.29) is 42.8 Å². The summed E-state index contributed by atoms with van der Waals surface area (Å²) in [5.41, 5.74) is 0. The Morgan fingerprint density at radius 2 is 1.19 bits per heavy atom. The molecular formula is C18H39NaO6S. The Hall–Kier alpha value is 0.790. The van der Waals surface area contributed by atoms with Crippen LogP contribution in [0.15, 0.2) is 0 Å². The third kappa shape index (κ3) is 35.8. The van der Waals surface area contributed by atoms with Gasteiger partial charge in [-0.25, -0.2) is 8.42 Å². The van der Waals surface area contributed by atoms with Crippen LogP contribution < -0.4 is 29.6 Å². The first kappa shape index (κ1) is 31.5. The summed E-state index contributed by atoms with van der Waals surface area (Å²) in [5.74, 6) is 0. The van der Waals surface area contributed by atoms with Gasteiger partial charge in [-0.05, 0) is 12.8 Å². The van der Waals surface area contributed by atoms with E-state index < -0.39 is 10.4 Å². The van der Waals surface area contributed by atoms with Gasteiger partial charge in [-0.2, -0.15) is 0 Å². The molecule has 26 heavy (non-hydrogen) atoms. The molecule has 154 valence electrons. The molecule has 0 aliphatic heterocycles. The van der Waals surface area contributed by atoms with Gasteiger partial charge < -0.3 is 14.4 Å². The molecule has 0 aliphatic rings. The molecule has 0 bridgehead atoms. The van der Waals surface area contributed by atoms with Gasteiger partial charge in [-0.3, -0.25) is 4.18 Å². The third-order valence-corrected chi connectivity index (χ3v) is 4.06. The van der Waals surface area contributed by atoms with Crippen molar-refractivity contribution in [1.82, 2.24) is 0 Å². The smallest absolute Gasteiger partial charge is 0.726 e. The molecule has 0 fully saturated rings. The van der Waals surface area contributed by atoms with Crippen LogP contribution in [0.4, 0.5) is 0 Å². The van der Waals surface area contributed by atoms with E-state index in [0.717, 1.165) is 32.3 Å². The van der Waals surface area contributed by atoms with E-state index in [0.29, 0.717) is 13.0 Å². The number of hydrogen-bond donors (Lipinski definition) is 1. The molecule has 0 amide bonds. The second kappa shape index (κ2) is 25.8. The van der Waals surface area contributed by atoms with Crippen LogP contribution in [0.1, 0.15) is 90.9 Å². The molecule has 0 saturated carbocycles. The average Bonchev–Trinajstić information content (AvgIpc) is 2.56. The van der Waals surface area contributed by atoms with Crippen molar-refractivity contribution in [3.63, 3.8) is 0 Å². The van der Waals surface area contributed by atoms with E-state index in [1.807, 2.05) is 0 Å². The monoisotopic (exact) mass is 406 g/mol. The summed E-state index contributed by atoms with van der Waals surface area (Å²) < 4.78 is 39.4. The van der Waals surface area contributed by atoms with Gasteiger partial charge in [0.15, 0.2) is 0 Å². The fourth-order valence-corrected chi connectivity index (χ4v) is 2.49. The van der Waals surface area contributed by atoms with Crippen LogP contribution in [0.2, 0.25) is 0 Å². The van der Waals surface area contributed by atoms with Crippen molar-refractivity contribution in [3.8, 4) is 0 Å². The van der Waals surface area contributed by atoms with Crippen LogP contribution in [0.25, 0.3) is 0 Å². The molecule has 0 radical (unpaired) electrons. The summed E-state index contributed by atoms with van der Waals surface area (Å²) in [5, 5.41) is 8.24. The Kier molecular flexibility index (Phi) is 31.2. The minimum atomic E-state index is -4.48. The molecule has 0 aromatic rings. The molecule has 0 heterocycles. The molecule has 0 rings (SSSR count). The SMILES string of the molecule is CCCCCCCCCCCCOS(=O)(=O)[O-].CCCCOCCO.[Na+]. The molecule has 1 N–H and O–H groups in total. The molecule has 0 saturated heterocycles. The van der Waals surface area contributed by atoms with E-state index in [1.165, 1.54) is 44.9 Å². The predicted octanol–water partition coefficient (Wildman–Crippen LogP) is 1.18. The molecular weight excluding hydrogens is 367 g/mol. The van der Waals surface area contributed by atoms with Crippen molar-refractivity contribution in [3.05, 3.63) is 0 Å². The largest absolute Gasteiger partial charge is 1.00 e.